The van der Waals surface area contributed by atoms with Gasteiger partial charge in [-0.3, -0.25) is 4.79 Å². The Balaban J connectivity index is 2.52. The Bertz CT molecular complexity index is 118. The molecule has 0 atom stereocenters. The summed E-state index contributed by atoms with van der Waals surface area (Å²) in [6.07, 6.45) is 0. The van der Waals surface area contributed by atoms with Crippen LogP contribution in [0.15, 0.2) is 10.3 Å². The van der Waals surface area contributed by atoms with Gasteiger partial charge in [0.2, 0.25) is 0 Å². The fourth-order valence-corrected chi connectivity index (χ4v) is 0.437. The number of carbonyl (C=O) groups excluding carboxylic acids is 1. The number of amides is 1. The average Bonchev–Trinajstić information content (AvgIpc) is 2.06. The van der Waals surface area contributed by atoms with Crippen LogP contribution in [0.1, 0.15) is 0 Å². The summed E-state index contributed by atoms with van der Waals surface area (Å²) in [6, 6.07) is 0. The topological polar surface area (TPSA) is 43.1 Å². The van der Waals surface area contributed by atoms with Gasteiger partial charge in [0.05, 0.1) is 4.91 Å². The van der Waals surface area contributed by atoms with Gasteiger partial charge < -0.3 is 5.73 Å². The molecule has 1 heterocycles. The maximum absolute atomic E-state index is 9.89. The first-order valence-electron chi connectivity index (χ1n) is 1.47. The van der Waals surface area contributed by atoms with Crippen molar-refractivity contribution in [2.24, 2.45) is 5.73 Å². The van der Waals surface area contributed by atoms with E-state index < -0.39 is 0 Å². The molecule has 0 unspecified atom stereocenters. The lowest BCUT2D eigenvalue weighted by molar-refractivity contribution is -0.113. The Morgan fingerprint density at radius 1 is 2.00 bits per heavy atom. The predicted molar refractivity (Wildman–Crippen MR) is 24.9 cm³/mol. The van der Waals surface area contributed by atoms with E-state index in [1.165, 1.54) is 11.8 Å². The van der Waals surface area contributed by atoms with E-state index >= 15 is 0 Å². The molecule has 0 saturated carbocycles. The van der Waals surface area contributed by atoms with Crippen LogP contribution in [0.3, 0.4) is 0 Å². The Kier molecular flexibility index (Phi) is 0.630. The van der Waals surface area contributed by atoms with Gasteiger partial charge in [-0.05, 0) is 5.41 Å². The number of rotatable bonds is 1. The summed E-state index contributed by atoms with van der Waals surface area (Å²) in [5.41, 5.74) is 4.77. The number of carbonyl (C=O) groups is 1. The highest BCUT2D eigenvalue weighted by molar-refractivity contribution is 8.13. The van der Waals surface area contributed by atoms with Crippen LogP contribution in [0, 0.1) is 0 Å². The van der Waals surface area contributed by atoms with E-state index in [2.05, 4.69) is 0 Å². The minimum Gasteiger partial charge on any atom is -0.365 e. The average molecular weight is 101 g/mol. The molecule has 0 aromatic carbocycles. The van der Waals surface area contributed by atoms with E-state index in [9.17, 15) is 4.79 Å². The molecule has 6 heavy (non-hydrogen) atoms. The number of hydrogen-bond acceptors (Lipinski definition) is 2. The minimum atomic E-state index is -0.306. The van der Waals surface area contributed by atoms with Crippen LogP contribution in [0.5, 0.6) is 0 Å². The molecule has 0 fully saturated rings. The summed E-state index contributed by atoms with van der Waals surface area (Å²) >= 11 is 1.39. The van der Waals surface area contributed by atoms with Crippen molar-refractivity contribution in [3.05, 3.63) is 10.3 Å². The highest BCUT2D eigenvalue weighted by atomic mass is 32.2. The molecule has 0 spiro atoms. The van der Waals surface area contributed by atoms with Crippen molar-refractivity contribution in [1.29, 1.82) is 0 Å². The van der Waals surface area contributed by atoms with Crippen LogP contribution in [0.2, 0.25) is 0 Å². The molecule has 2 nitrogen and oxygen atoms in total. The predicted octanol–water partition coefficient (Wildman–Crippen LogP) is 0.0599. The van der Waals surface area contributed by atoms with E-state index in [-0.39, 0.29) is 5.91 Å². The maximum atomic E-state index is 9.89. The fraction of sp³-hybridized carbons (Fsp3) is 0. The van der Waals surface area contributed by atoms with Crippen LogP contribution >= 0.6 is 11.8 Å². The lowest BCUT2D eigenvalue weighted by Gasteiger charge is -1.70. The van der Waals surface area contributed by atoms with Gasteiger partial charge >= 0.3 is 0 Å². The zero-order valence-electron chi connectivity index (χ0n) is 2.97. The maximum Gasteiger partial charge on any atom is 0.255 e. The van der Waals surface area contributed by atoms with Gasteiger partial charge in [0, 0.05) is 0 Å². The zero-order chi connectivity index (χ0) is 4.57. The fourth-order valence-electron chi connectivity index (χ4n) is 0.146. The summed E-state index contributed by atoms with van der Waals surface area (Å²) in [6.45, 7) is 0. The highest BCUT2D eigenvalue weighted by Crippen LogP contribution is 2.32. The van der Waals surface area contributed by atoms with Gasteiger partial charge in [-0.2, -0.15) is 0 Å². The smallest absolute Gasteiger partial charge is 0.255 e. The molecule has 0 radical (unpaired) electrons. The number of thioether (sulfide) groups is 1. The first-order chi connectivity index (χ1) is 2.80. The Morgan fingerprint density at radius 2 is 2.50 bits per heavy atom. The van der Waals surface area contributed by atoms with Crippen molar-refractivity contribution in [1.82, 2.24) is 0 Å². The quantitative estimate of drug-likeness (QED) is 0.507. The van der Waals surface area contributed by atoms with Crippen LogP contribution < -0.4 is 5.73 Å². The first-order valence-corrected chi connectivity index (χ1v) is 2.35. The second-order valence-corrected chi connectivity index (χ2v) is 1.88. The second kappa shape index (κ2) is 1.01. The SMILES string of the molecule is NC(=O)C1=CS1. The van der Waals surface area contributed by atoms with E-state index in [4.69, 9.17) is 5.73 Å². The van der Waals surface area contributed by atoms with Gasteiger partial charge in [0.25, 0.3) is 5.91 Å². The van der Waals surface area contributed by atoms with Crippen molar-refractivity contribution in [3.8, 4) is 0 Å². The Labute approximate surface area is 39.4 Å². The molecule has 0 aliphatic carbocycles. The van der Waals surface area contributed by atoms with Crippen molar-refractivity contribution in [2.75, 3.05) is 0 Å². The van der Waals surface area contributed by atoms with E-state index in [1.807, 2.05) is 0 Å². The van der Waals surface area contributed by atoms with Crippen LogP contribution in [0.4, 0.5) is 0 Å². The molecule has 1 aliphatic rings. The lowest BCUT2D eigenvalue weighted by atomic mass is 10.6. The number of primary amides is 1. The van der Waals surface area contributed by atoms with Gasteiger partial charge in [-0.25, -0.2) is 0 Å². The third-order valence-corrected chi connectivity index (χ3v) is 1.15. The second-order valence-electron chi connectivity index (χ2n) is 0.964. The molecule has 1 rings (SSSR count). The van der Waals surface area contributed by atoms with E-state index in [0.29, 0.717) is 4.91 Å². The van der Waals surface area contributed by atoms with Crippen molar-refractivity contribution in [2.45, 2.75) is 0 Å². The van der Waals surface area contributed by atoms with Crippen molar-refractivity contribution >= 4 is 17.7 Å². The molecular weight excluding hydrogens is 98.1 g/mol. The molecule has 1 amide bonds. The molecule has 32 valence electrons. The molecule has 2 N–H and O–H groups in total. The number of hydrogen-bond donors (Lipinski definition) is 1. The third kappa shape index (κ3) is 0.542. The van der Waals surface area contributed by atoms with E-state index in [1.54, 1.807) is 5.41 Å². The Hall–Kier alpha value is -0.440. The summed E-state index contributed by atoms with van der Waals surface area (Å²) in [5.74, 6) is -0.306. The summed E-state index contributed by atoms with van der Waals surface area (Å²) < 4.78 is 0. The Morgan fingerprint density at radius 3 is 2.50 bits per heavy atom. The molecule has 1 aliphatic heterocycles. The van der Waals surface area contributed by atoms with Gasteiger partial charge in [0.1, 0.15) is 0 Å². The van der Waals surface area contributed by atoms with Crippen molar-refractivity contribution in [3.63, 3.8) is 0 Å². The normalized spacial score (nSPS) is 16.3. The van der Waals surface area contributed by atoms with Gasteiger partial charge in [0.15, 0.2) is 0 Å². The largest absolute Gasteiger partial charge is 0.365 e. The molecule has 0 saturated heterocycles. The zero-order valence-corrected chi connectivity index (χ0v) is 3.79. The van der Waals surface area contributed by atoms with Gasteiger partial charge in [-0.15, -0.1) is 0 Å². The van der Waals surface area contributed by atoms with Crippen LogP contribution in [-0.4, -0.2) is 5.91 Å². The lowest BCUT2D eigenvalue weighted by Crippen LogP contribution is -2.06. The van der Waals surface area contributed by atoms with E-state index in [0.717, 1.165) is 0 Å². The van der Waals surface area contributed by atoms with Crippen molar-refractivity contribution < 1.29 is 4.79 Å². The van der Waals surface area contributed by atoms with Gasteiger partial charge in [-0.1, -0.05) is 11.8 Å². The molecule has 3 heteroatoms. The highest BCUT2D eigenvalue weighted by Gasteiger charge is 2.13. The monoisotopic (exact) mass is 101 g/mol. The standard InChI is InChI=1S/C3H3NOS/c4-3(5)2-1-6-2/h1H,(H2,4,5). The molecule has 0 aromatic rings. The summed E-state index contributed by atoms with van der Waals surface area (Å²) in [5, 5.41) is 1.72. The molecule has 0 aromatic heterocycles. The third-order valence-electron chi connectivity index (χ3n) is 0.479. The van der Waals surface area contributed by atoms with Crippen LogP contribution in [0.25, 0.3) is 0 Å². The minimum absolute atomic E-state index is 0.306. The summed E-state index contributed by atoms with van der Waals surface area (Å²) in [4.78, 5) is 10.6. The first kappa shape index (κ1) is 3.74. The summed E-state index contributed by atoms with van der Waals surface area (Å²) in [7, 11) is 0. The van der Waals surface area contributed by atoms with Crippen LogP contribution in [-0.2, 0) is 4.79 Å². The molecular formula is C3H3NOS. The molecule has 0 bridgehead atoms. The number of nitrogens with two attached hydrogens (primary N) is 1.